The zero-order valence-electron chi connectivity index (χ0n) is 5.97. The quantitative estimate of drug-likeness (QED) is 0.454. The number of nitro groups is 2. The lowest BCUT2D eigenvalue weighted by molar-refractivity contribution is -0.462. The zero-order valence-corrected chi connectivity index (χ0v) is 5.97. The second-order valence-electron chi connectivity index (χ2n) is 2.18. The van der Waals surface area contributed by atoms with Crippen LogP contribution in [0.2, 0.25) is 0 Å². The van der Waals surface area contributed by atoms with Gasteiger partial charge in [-0.25, -0.2) is 0 Å². The number of rotatable bonds is 2. The number of nitrogens with zero attached hydrogens (tertiary/aromatic N) is 2. The molecule has 0 aromatic rings. The Morgan fingerprint density at radius 1 is 1.25 bits per heavy atom. The van der Waals surface area contributed by atoms with Crippen LogP contribution in [0.15, 0.2) is 23.9 Å². The Morgan fingerprint density at radius 3 is 2.42 bits per heavy atom. The molecule has 0 aromatic carbocycles. The second kappa shape index (κ2) is 3.12. The lowest BCUT2D eigenvalue weighted by Crippen LogP contribution is -2.11. The Balaban J connectivity index is 2.82. The Labute approximate surface area is 67.5 Å². The first-order valence-electron chi connectivity index (χ1n) is 3.14. The molecule has 0 atom stereocenters. The molecule has 0 aromatic heterocycles. The number of hydrogen-bond acceptors (Lipinski definition) is 4. The smallest absolute Gasteiger partial charge is 0.263 e. The zero-order chi connectivity index (χ0) is 9.14. The minimum absolute atomic E-state index is 0.143. The molecule has 6 nitrogen and oxygen atoms in total. The van der Waals surface area contributed by atoms with E-state index in [1.54, 1.807) is 0 Å². The predicted molar refractivity (Wildman–Crippen MR) is 39.1 cm³/mol. The Hall–Kier alpha value is -1.72. The average Bonchev–Trinajstić information content (AvgIpc) is 2.04. The molecule has 6 heteroatoms. The molecule has 1 aliphatic rings. The molecule has 0 heterocycles. The van der Waals surface area contributed by atoms with Gasteiger partial charge in [0.05, 0.1) is 11.0 Å². The van der Waals surface area contributed by atoms with Gasteiger partial charge in [0.2, 0.25) is 0 Å². The van der Waals surface area contributed by atoms with E-state index in [9.17, 15) is 20.2 Å². The fourth-order valence-corrected chi connectivity index (χ4v) is 0.819. The van der Waals surface area contributed by atoms with Crippen LogP contribution in [0.3, 0.4) is 0 Å². The summed E-state index contributed by atoms with van der Waals surface area (Å²) in [6.45, 7) is 0. The lowest BCUT2D eigenvalue weighted by Gasteiger charge is -2.02. The normalized spacial score (nSPS) is 17.2. The molecule has 0 bridgehead atoms. The number of allylic oxidation sites excluding steroid dienone is 1. The van der Waals surface area contributed by atoms with Gasteiger partial charge in [-0.15, -0.1) is 0 Å². The van der Waals surface area contributed by atoms with Crippen LogP contribution in [0, 0.1) is 26.3 Å². The molecule has 0 unspecified atom stereocenters. The molecule has 63 valence electrons. The van der Waals surface area contributed by atoms with Crippen LogP contribution >= 0.6 is 0 Å². The van der Waals surface area contributed by atoms with Crippen LogP contribution in [0.25, 0.3) is 0 Å². The summed E-state index contributed by atoms with van der Waals surface area (Å²) >= 11 is 0. The van der Waals surface area contributed by atoms with Gasteiger partial charge in [0.1, 0.15) is 0 Å². The molecule has 0 spiro atoms. The van der Waals surface area contributed by atoms with Gasteiger partial charge in [0, 0.05) is 17.4 Å². The molecule has 1 radical (unpaired) electrons. The molecule has 12 heavy (non-hydrogen) atoms. The lowest BCUT2D eigenvalue weighted by atomic mass is 10.1. The number of hydrogen-bond donors (Lipinski definition) is 0. The Kier molecular flexibility index (Phi) is 2.18. The fraction of sp³-hybridized carbons (Fsp3) is 0.167. The van der Waals surface area contributed by atoms with Crippen molar-refractivity contribution in [2.75, 3.05) is 0 Å². The van der Waals surface area contributed by atoms with Crippen LogP contribution in [0.1, 0.15) is 6.42 Å². The maximum absolute atomic E-state index is 10.2. The third-order valence-electron chi connectivity index (χ3n) is 1.38. The highest BCUT2D eigenvalue weighted by molar-refractivity contribution is 5.24. The first kappa shape index (κ1) is 8.38. The Morgan fingerprint density at radius 2 is 1.92 bits per heavy atom. The molecule has 0 saturated carbocycles. The SMILES string of the molecule is O=[N+]([O-])[C]1C=C([N+](=O)[O-])C=CC1. The minimum Gasteiger partial charge on any atom is -0.263 e. The highest BCUT2D eigenvalue weighted by Crippen LogP contribution is 2.18. The molecule has 0 fully saturated rings. The summed E-state index contributed by atoms with van der Waals surface area (Å²) in [4.78, 5) is 19.1. The van der Waals surface area contributed by atoms with Crippen molar-refractivity contribution in [1.82, 2.24) is 0 Å². The van der Waals surface area contributed by atoms with E-state index in [0.717, 1.165) is 6.08 Å². The van der Waals surface area contributed by atoms with Crippen molar-refractivity contribution in [3.05, 3.63) is 50.2 Å². The van der Waals surface area contributed by atoms with E-state index in [0.29, 0.717) is 0 Å². The summed E-state index contributed by atoms with van der Waals surface area (Å²) in [7, 11) is 0. The van der Waals surface area contributed by atoms with E-state index in [-0.39, 0.29) is 18.2 Å². The van der Waals surface area contributed by atoms with E-state index >= 15 is 0 Å². The van der Waals surface area contributed by atoms with Crippen molar-refractivity contribution in [2.45, 2.75) is 6.42 Å². The highest BCUT2D eigenvalue weighted by atomic mass is 16.6. The maximum Gasteiger partial charge on any atom is 0.323 e. The van der Waals surface area contributed by atoms with Crippen molar-refractivity contribution in [3.8, 4) is 0 Å². The summed E-state index contributed by atoms with van der Waals surface area (Å²) in [6.07, 6.45) is 3.77. The molecule has 0 aliphatic heterocycles. The predicted octanol–water partition coefficient (Wildman–Crippen LogP) is 0.916. The standard InChI is InChI=1S/C6H5N2O4/c9-7(10)5-2-1-3-6(4-5)8(11)12/h1-2,4H,3H2. The fourth-order valence-electron chi connectivity index (χ4n) is 0.819. The summed E-state index contributed by atoms with van der Waals surface area (Å²) < 4.78 is 0. The van der Waals surface area contributed by atoms with E-state index < -0.39 is 9.85 Å². The molecular weight excluding hydrogens is 164 g/mol. The van der Waals surface area contributed by atoms with Crippen molar-refractivity contribution in [1.29, 1.82) is 0 Å². The van der Waals surface area contributed by atoms with Gasteiger partial charge in [0.25, 0.3) is 5.70 Å². The van der Waals surface area contributed by atoms with Gasteiger partial charge in [-0.2, -0.15) is 0 Å². The Bertz CT molecular complexity index is 281. The van der Waals surface area contributed by atoms with Gasteiger partial charge >= 0.3 is 6.04 Å². The topological polar surface area (TPSA) is 86.3 Å². The summed E-state index contributed by atoms with van der Waals surface area (Å²) in [6, 6.07) is -0.149. The molecule has 1 rings (SSSR count). The van der Waals surface area contributed by atoms with Gasteiger partial charge in [-0.3, -0.25) is 20.2 Å². The van der Waals surface area contributed by atoms with E-state index in [4.69, 9.17) is 0 Å². The van der Waals surface area contributed by atoms with Gasteiger partial charge in [-0.1, -0.05) is 6.08 Å². The van der Waals surface area contributed by atoms with Crippen LogP contribution in [0.4, 0.5) is 0 Å². The van der Waals surface area contributed by atoms with Gasteiger partial charge in [-0.05, 0) is 0 Å². The largest absolute Gasteiger partial charge is 0.323 e. The van der Waals surface area contributed by atoms with Crippen LogP contribution in [-0.4, -0.2) is 9.85 Å². The van der Waals surface area contributed by atoms with Crippen LogP contribution in [-0.2, 0) is 0 Å². The first-order valence-corrected chi connectivity index (χ1v) is 3.14. The summed E-state index contributed by atoms with van der Waals surface area (Å²) in [5, 5.41) is 20.4. The third-order valence-corrected chi connectivity index (χ3v) is 1.38. The maximum atomic E-state index is 10.2. The average molecular weight is 169 g/mol. The summed E-state index contributed by atoms with van der Waals surface area (Å²) in [5.41, 5.74) is -0.243. The molecule has 0 saturated heterocycles. The third kappa shape index (κ3) is 1.66. The molecule has 0 N–H and O–H groups in total. The van der Waals surface area contributed by atoms with Gasteiger partial charge < -0.3 is 0 Å². The van der Waals surface area contributed by atoms with Crippen molar-refractivity contribution in [3.63, 3.8) is 0 Å². The van der Waals surface area contributed by atoms with Crippen molar-refractivity contribution >= 4 is 0 Å². The van der Waals surface area contributed by atoms with E-state index in [2.05, 4.69) is 0 Å². The molecule has 1 aliphatic carbocycles. The highest BCUT2D eigenvalue weighted by Gasteiger charge is 2.26. The van der Waals surface area contributed by atoms with Crippen molar-refractivity contribution in [2.24, 2.45) is 0 Å². The van der Waals surface area contributed by atoms with E-state index in [1.165, 1.54) is 12.2 Å². The van der Waals surface area contributed by atoms with Gasteiger partial charge in [0.15, 0.2) is 0 Å². The van der Waals surface area contributed by atoms with Crippen LogP contribution in [0.5, 0.6) is 0 Å². The second-order valence-corrected chi connectivity index (χ2v) is 2.18. The monoisotopic (exact) mass is 169 g/mol. The molecular formula is C6H5N2O4. The first-order chi connectivity index (χ1) is 5.61. The van der Waals surface area contributed by atoms with E-state index in [1.807, 2.05) is 0 Å². The van der Waals surface area contributed by atoms with Crippen molar-refractivity contribution < 1.29 is 9.85 Å². The minimum atomic E-state index is -0.654. The molecule has 0 amide bonds. The van der Waals surface area contributed by atoms with Crippen LogP contribution < -0.4 is 0 Å². The summed E-state index contributed by atoms with van der Waals surface area (Å²) in [5.74, 6) is 0.